The second-order valence-corrected chi connectivity index (χ2v) is 7.31. The van der Waals surface area contributed by atoms with E-state index in [9.17, 15) is 9.59 Å². The number of amides is 3. The van der Waals surface area contributed by atoms with Crippen molar-refractivity contribution < 1.29 is 9.59 Å². The van der Waals surface area contributed by atoms with Crippen molar-refractivity contribution in [1.29, 1.82) is 0 Å². The lowest BCUT2D eigenvalue weighted by atomic mass is 9.89. The highest BCUT2D eigenvalue weighted by atomic mass is 16.2. The summed E-state index contributed by atoms with van der Waals surface area (Å²) < 4.78 is 0. The third-order valence-corrected chi connectivity index (χ3v) is 5.65. The molecule has 1 N–H and O–H groups in total. The summed E-state index contributed by atoms with van der Waals surface area (Å²) in [5.74, 6) is 1.21. The number of nitrogens with one attached hydrogen (secondary N) is 1. The molecule has 0 bridgehead atoms. The highest BCUT2D eigenvalue weighted by molar-refractivity contribution is 5.74. The van der Waals surface area contributed by atoms with E-state index in [1.54, 1.807) is 6.92 Å². The van der Waals surface area contributed by atoms with Crippen LogP contribution in [0.4, 0.5) is 4.79 Å². The Morgan fingerprint density at radius 2 is 1.56 bits per heavy atom. The predicted octanol–water partition coefficient (Wildman–Crippen LogP) is 2.83. The smallest absolute Gasteiger partial charge is 0.317 e. The SMILES string of the molecule is CC(=O)N1CCC(CNC(=O)N2CCC(c3ccccc3)CC2)CC1. The van der Waals surface area contributed by atoms with E-state index in [4.69, 9.17) is 0 Å². The first-order valence-corrected chi connectivity index (χ1v) is 9.46. The van der Waals surface area contributed by atoms with Crippen LogP contribution in [0.5, 0.6) is 0 Å². The van der Waals surface area contributed by atoms with Crippen molar-refractivity contribution in [3.8, 4) is 0 Å². The Kier molecular flexibility index (Phi) is 5.95. The monoisotopic (exact) mass is 343 g/mol. The number of nitrogens with zero attached hydrogens (tertiary/aromatic N) is 2. The zero-order chi connectivity index (χ0) is 17.6. The molecule has 0 atom stereocenters. The van der Waals surface area contributed by atoms with Crippen molar-refractivity contribution in [2.75, 3.05) is 32.7 Å². The molecule has 0 spiro atoms. The molecule has 1 aromatic rings. The molecular formula is C20H29N3O2. The minimum atomic E-state index is 0.0699. The van der Waals surface area contributed by atoms with E-state index in [0.717, 1.165) is 58.4 Å². The first kappa shape index (κ1) is 17.8. The Hall–Kier alpha value is -2.04. The van der Waals surface area contributed by atoms with Gasteiger partial charge in [-0.25, -0.2) is 4.79 Å². The van der Waals surface area contributed by atoms with Crippen LogP contribution in [0.25, 0.3) is 0 Å². The molecule has 0 aliphatic carbocycles. The van der Waals surface area contributed by atoms with Crippen LogP contribution in [0.15, 0.2) is 30.3 Å². The van der Waals surface area contributed by atoms with Gasteiger partial charge >= 0.3 is 6.03 Å². The van der Waals surface area contributed by atoms with Gasteiger partial charge in [-0.05, 0) is 43.1 Å². The van der Waals surface area contributed by atoms with Gasteiger partial charge in [0.2, 0.25) is 5.91 Å². The van der Waals surface area contributed by atoms with Gasteiger partial charge in [0.1, 0.15) is 0 Å². The summed E-state index contributed by atoms with van der Waals surface area (Å²) in [6, 6.07) is 10.7. The molecule has 1 aromatic carbocycles. The van der Waals surface area contributed by atoms with E-state index in [-0.39, 0.29) is 11.9 Å². The normalized spacial score (nSPS) is 19.7. The van der Waals surface area contributed by atoms with Crippen molar-refractivity contribution in [3.63, 3.8) is 0 Å². The fourth-order valence-corrected chi connectivity index (χ4v) is 3.94. The lowest BCUT2D eigenvalue weighted by Gasteiger charge is -2.34. The predicted molar refractivity (Wildman–Crippen MR) is 98.4 cm³/mol. The summed E-state index contributed by atoms with van der Waals surface area (Å²) in [6.45, 7) is 5.64. The number of carbonyl (C=O) groups excluding carboxylic acids is 2. The minimum Gasteiger partial charge on any atom is -0.343 e. The zero-order valence-corrected chi connectivity index (χ0v) is 15.1. The van der Waals surface area contributed by atoms with Crippen molar-refractivity contribution in [3.05, 3.63) is 35.9 Å². The number of hydrogen-bond donors (Lipinski definition) is 1. The molecule has 2 aliphatic heterocycles. The van der Waals surface area contributed by atoms with Gasteiger partial charge in [0.05, 0.1) is 0 Å². The Labute approximate surface area is 150 Å². The zero-order valence-electron chi connectivity index (χ0n) is 15.1. The quantitative estimate of drug-likeness (QED) is 0.917. The molecule has 0 aromatic heterocycles. The lowest BCUT2D eigenvalue weighted by Crippen LogP contribution is -2.46. The summed E-state index contributed by atoms with van der Waals surface area (Å²) in [4.78, 5) is 27.6. The average Bonchev–Trinajstić information content (AvgIpc) is 2.67. The third kappa shape index (κ3) is 4.74. The Bertz CT molecular complexity index is 574. The fourth-order valence-electron chi connectivity index (χ4n) is 3.94. The molecule has 136 valence electrons. The molecule has 25 heavy (non-hydrogen) atoms. The standard InChI is InChI=1S/C20H29N3O2/c1-16(24)22-11-7-17(8-12-22)15-21-20(25)23-13-9-19(10-14-23)18-5-3-2-4-6-18/h2-6,17,19H,7-15H2,1H3,(H,21,25). The highest BCUT2D eigenvalue weighted by Crippen LogP contribution is 2.27. The van der Waals surface area contributed by atoms with Crippen LogP contribution < -0.4 is 5.32 Å². The number of urea groups is 1. The number of rotatable bonds is 3. The van der Waals surface area contributed by atoms with Gasteiger partial charge in [-0.3, -0.25) is 4.79 Å². The number of hydrogen-bond acceptors (Lipinski definition) is 2. The molecule has 3 amide bonds. The molecule has 2 heterocycles. The number of likely N-dealkylation sites (tertiary alicyclic amines) is 2. The summed E-state index contributed by atoms with van der Waals surface area (Å²) in [7, 11) is 0. The second-order valence-electron chi connectivity index (χ2n) is 7.31. The van der Waals surface area contributed by atoms with Crippen molar-refractivity contribution in [2.45, 2.75) is 38.5 Å². The molecule has 2 aliphatic rings. The Balaban J connectivity index is 1.38. The van der Waals surface area contributed by atoms with Gasteiger partial charge in [-0.15, -0.1) is 0 Å². The molecule has 2 saturated heterocycles. The van der Waals surface area contributed by atoms with Crippen LogP contribution in [0, 0.1) is 5.92 Å². The summed E-state index contributed by atoms with van der Waals surface area (Å²) in [5, 5.41) is 3.10. The van der Waals surface area contributed by atoms with Gasteiger partial charge < -0.3 is 15.1 Å². The summed E-state index contributed by atoms with van der Waals surface area (Å²) in [6.07, 6.45) is 4.04. The first-order valence-electron chi connectivity index (χ1n) is 9.46. The fraction of sp³-hybridized carbons (Fsp3) is 0.600. The van der Waals surface area contributed by atoms with E-state index < -0.39 is 0 Å². The minimum absolute atomic E-state index is 0.0699. The maximum Gasteiger partial charge on any atom is 0.317 e. The lowest BCUT2D eigenvalue weighted by molar-refractivity contribution is -0.130. The molecular weight excluding hydrogens is 314 g/mol. The molecule has 5 nitrogen and oxygen atoms in total. The topological polar surface area (TPSA) is 52.7 Å². The second kappa shape index (κ2) is 8.37. The Morgan fingerprint density at radius 3 is 2.16 bits per heavy atom. The van der Waals surface area contributed by atoms with E-state index in [0.29, 0.717) is 11.8 Å². The summed E-state index contributed by atoms with van der Waals surface area (Å²) >= 11 is 0. The number of piperidine rings is 2. The van der Waals surface area contributed by atoms with E-state index in [1.807, 2.05) is 15.9 Å². The number of benzene rings is 1. The maximum absolute atomic E-state index is 12.4. The van der Waals surface area contributed by atoms with Crippen LogP contribution >= 0.6 is 0 Å². The van der Waals surface area contributed by atoms with Crippen LogP contribution in [-0.2, 0) is 4.79 Å². The van der Waals surface area contributed by atoms with Crippen molar-refractivity contribution >= 4 is 11.9 Å². The van der Waals surface area contributed by atoms with Crippen LogP contribution in [0.2, 0.25) is 0 Å². The Morgan fingerprint density at radius 1 is 0.960 bits per heavy atom. The molecule has 0 unspecified atom stereocenters. The molecule has 5 heteroatoms. The number of carbonyl (C=O) groups is 2. The van der Waals surface area contributed by atoms with Crippen molar-refractivity contribution in [2.24, 2.45) is 5.92 Å². The highest BCUT2D eigenvalue weighted by Gasteiger charge is 2.25. The maximum atomic E-state index is 12.4. The van der Waals surface area contributed by atoms with E-state index in [1.165, 1.54) is 5.56 Å². The van der Waals surface area contributed by atoms with Gasteiger partial charge in [0.25, 0.3) is 0 Å². The van der Waals surface area contributed by atoms with E-state index >= 15 is 0 Å². The largest absolute Gasteiger partial charge is 0.343 e. The van der Waals surface area contributed by atoms with Crippen molar-refractivity contribution in [1.82, 2.24) is 15.1 Å². The van der Waals surface area contributed by atoms with Gasteiger partial charge in [-0.2, -0.15) is 0 Å². The van der Waals surface area contributed by atoms with Gasteiger partial charge in [0, 0.05) is 39.6 Å². The first-order chi connectivity index (χ1) is 12.1. The van der Waals surface area contributed by atoms with Crippen LogP contribution in [0.3, 0.4) is 0 Å². The molecule has 2 fully saturated rings. The average molecular weight is 343 g/mol. The van der Waals surface area contributed by atoms with Gasteiger partial charge in [-0.1, -0.05) is 30.3 Å². The van der Waals surface area contributed by atoms with E-state index in [2.05, 4.69) is 29.6 Å². The third-order valence-electron chi connectivity index (χ3n) is 5.65. The summed E-state index contributed by atoms with van der Waals surface area (Å²) in [5.41, 5.74) is 1.39. The van der Waals surface area contributed by atoms with Gasteiger partial charge in [0.15, 0.2) is 0 Å². The molecule has 3 rings (SSSR count). The molecule has 0 radical (unpaired) electrons. The van der Waals surface area contributed by atoms with Crippen LogP contribution in [-0.4, -0.2) is 54.5 Å². The van der Waals surface area contributed by atoms with Crippen LogP contribution in [0.1, 0.15) is 44.1 Å². The molecule has 0 saturated carbocycles.